The summed E-state index contributed by atoms with van der Waals surface area (Å²) < 4.78 is 21.2. The van der Waals surface area contributed by atoms with Gasteiger partial charge in [0.05, 0.1) is 0 Å². The van der Waals surface area contributed by atoms with E-state index in [1.165, 1.54) is 12.2 Å². The van der Waals surface area contributed by atoms with Crippen LogP contribution in [0, 0.1) is 0 Å². The van der Waals surface area contributed by atoms with Gasteiger partial charge in [-0.3, -0.25) is 9.59 Å². The van der Waals surface area contributed by atoms with Gasteiger partial charge in [0.25, 0.3) is 0 Å². The largest absolute Gasteiger partial charge is 0.454 e. The molecule has 2 aliphatic rings. The highest BCUT2D eigenvalue weighted by molar-refractivity contribution is 5.92. The summed E-state index contributed by atoms with van der Waals surface area (Å²) in [6.45, 7) is 1.51. The van der Waals surface area contributed by atoms with Gasteiger partial charge < -0.3 is 29.6 Å². The molecule has 2 aromatic rings. The van der Waals surface area contributed by atoms with Crippen molar-refractivity contribution in [1.82, 2.24) is 10.6 Å². The number of fused-ring (bicyclic) bond motifs is 2. The van der Waals surface area contributed by atoms with Crippen LogP contribution >= 0.6 is 0 Å². The lowest BCUT2D eigenvalue weighted by molar-refractivity contribution is -0.117. The average Bonchev–Trinajstić information content (AvgIpc) is 3.47. The number of unbranched alkanes of at least 4 members (excludes halogenated alkanes) is 1. The van der Waals surface area contributed by atoms with Crippen LogP contribution < -0.4 is 29.6 Å². The predicted octanol–water partition coefficient (Wildman–Crippen LogP) is 2.88. The molecule has 0 aliphatic carbocycles. The highest BCUT2D eigenvalue weighted by Gasteiger charge is 2.13. The summed E-state index contributed by atoms with van der Waals surface area (Å²) in [7, 11) is 0. The highest BCUT2D eigenvalue weighted by Crippen LogP contribution is 2.33. The third-order valence-corrected chi connectivity index (χ3v) is 4.85. The van der Waals surface area contributed by atoms with Crippen LogP contribution in [0.25, 0.3) is 12.2 Å². The minimum Gasteiger partial charge on any atom is -0.454 e. The van der Waals surface area contributed by atoms with Crippen LogP contribution in [0.15, 0.2) is 48.6 Å². The Morgan fingerprint density at radius 3 is 1.59 bits per heavy atom. The molecular formula is C24H24N2O6. The van der Waals surface area contributed by atoms with E-state index >= 15 is 0 Å². The quantitative estimate of drug-likeness (QED) is 0.464. The molecule has 0 fully saturated rings. The first-order chi connectivity index (χ1) is 15.7. The Balaban J connectivity index is 1.09. The van der Waals surface area contributed by atoms with Gasteiger partial charge in [-0.25, -0.2) is 0 Å². The maximum atomic E-state index is 11.9. The fraction of sp³-hybridized carbons (Fsp3) is 0.250. The van der Waals surface area contributed by atoms with Gasteiger partial charge in [0.2, 0.25) is 25.4 Å². The third kappa shape index (κ3) is 5.81. The first kappa shape index (κ1) is 21.3. The van der Waals surface area contributed by atoms with E-state index in [9.17, 15) is 9.59 Å². The zero-order chi connectivity index (χ0) is 22.2. The van der Waals surface area contributed by atoms with E-state index in [2.05, 4.69) is 10.6 Å². The second-order valence-corrected chi connectivity index (χ2v) is 7.18. The Labute approximate surface area is 185 Å². The lowest BCUT2D eigenvalue weighted by atomic mass is 10.2. The third-order valence-electron chi connectivity index (χ3n) is 4.85. The van der Waals surface area contributed by atoms with E-state index in [4.69, 9.17) is 18.9 Å². The van der Waals surface area contributed by atoms with Crippen molar-refractivity contribution in [2.45, 2.75) is 12.8 Å². The number of carbonyl (C=O) groups is 2. The van der Waals surface area contributed by atoms with Crippen molar-refractivity contribution in [2.75, 3.05) is 26.7 Å². The van der Waals surface area contributed by atoms with Crippen molar-refractivity contribution in [3.8, 4) is 23.0 Å². The Morgan fingerprint density at radius 2 is 1.12 bits per heavy atom. The lowest BCUT2D eigenvalue weighted by Crippen LogP contribution is -2.25. The predicted molar refractivity (Wildman–Crippen MR) is 118 cm³/mol. The van der Waals surface area contributed by atoms with Crippen LogP contribution in [0.2, 0.25) is 0 Å². The molecule has 0 unspecified atom stereocenters. The number of hydrogen-bond acceptors (Lipinski definition) is 6. The molecule has 0 bridgehead atoms. The summed E-state index contributed by atoms with van der Waals surface area (Å²) in [5.41, 5.74) is 1.72. The molecule has 8 heteroatoms. The van der Waals surface area contributed by atoms with Gasteiger partial charge in [0, 0.05) is 25.2 Å². The van der Waals surface area contributed by atoms with E-state index < -0.39 is 0 Å². The van der Waals surface area contributed by atoms with Gasteiger partial charge in [-0.15, -0.1) is 0 Å². The summed E-state index contributed by atoms with van der Waals surface area (Å²) in [6, 6.07) is 11.0. The second kappa shape index (κ2) is 10.4. The van der Waals surface area contributed by atoms with E-state index in [1.54, 1.807) is 12.2 Å². The molecule has 2 N–H and O–H groups in total. The number of rotatable bonds is 9. The zero-order valence-electron chi connectivity index (χ0n) is 17.5. The van der Waals surface area contributed by atoms with Crippen molar-refractivity contribution in [2.24, 2.45) is 0 Å². The average molecular weight is 436 g/mol. The van der Waals surface area contributed by atoms with Gasteiger partial charge in [0.1, 0.15) is 0 Å². The Hall–Kier alpha value is -3.94. The van der Waals surface area contributed by atoms with Gasteiger partial charge >= 0.3 is 0 Å². The van der Waals surface area contributed by atoms with Gasteiger partial charge in [0.15, 0.2) is 23.0 Å². The summed E-state index contributed by atoms with van der Waals surface area (Å²) in [5, 5.41) is 5.66. The van der Waals surface area contributed by atoms with E-state index in [-0.39, 0.29) is 25.4 Å². The van der Waals surface area contributed by atoms with Crippen LogP contribution in [0.1, 0.15) is 24.0 Å². The lowest BCUT2D eigenvalue weighted by Gasteiger charge is -2.04. The number of hydrogen-bond donors (Lipinski definition) is 2. The van der Waals surface area contributed by atoms with Crippen LogP contribution in [0.5, 0.6) is 23.0 Å². The summed E-state index contributed by atoms with van der Waals surface area (Å²) in [5.74, 6) is 2.45. The molecule has 8 nitrogen and oxygen atoms in total. The van der Waals surface area contributed by atoms with Gasteiger partial charge in [-0.2, -0.15) is 0 Å². The van der Waals surface area contributed by atoms with E-state index in [0.29, 0.717) is 36.1 Å². The maximum absolute atomic E-state index is 11.9. The smallest absolute Gasteiger partial charge is 0.243 e. The summed E-state index contributed by atoms with van der Waals surface area (Å²) in [6.07, 6.45) is 7.94. The monoisotopic (exact) mass is 436 g/mol. The minimum atomic E-state index is -0.168. The van der Waals surface area contributed by atoms with Crippen molar-refractivity contribution in [3.05, 3.63) is 59.7 Å². The van der Waals surface area contributed by atoms with Crippen LogP contribution in [0.3, 0.4) is 0 Å². The molecule has 4 rings (SSSR count). The summed E-state index contributed by atoms with van der Waals surface area (Å²) >= 11 is 0. The fourth-order valence-electron chi connectivity index (χ4n) is 3.17. The van der Waals surface area contributed by atoms with Crippen molar-refractivity contribution >= 4 is 24.0 Å². The van der Waals surface area contributed by atoms with E-state index in [1.807, 2.05) is 36.4 Å². The van der Waals surface area contributed by atoms with Crippen LogP contribution in [0.4, 0.5) is 0 Å². The van der Waals surface area contributed by atoms with Gasteiger partial charge in [-0.05, 0) is 60.4 Å². The van der Waals surface area contributed by atoms with E-state index in [0.717, 1.165) is 24.0 Å². The number of amides is 2. The molecule has 2 amide bonds. The highest BCUT2D eigenvalue weighted by atomic mass is 16.7. The Bertz CT molecular complexity index is 963. The normalized spacial score (nSPS) is 13.6. The van der Waals surface area contributed by atoms with Crippen LogP contribution in [-0.4, -0.2) is 38.5 Å². The molecule has 0 aromatic heterocycles. The van der Waals surface area contributed by atoms with Gasteiger partial charge in [-0.1, -0.05) is 12.1 Å². The molecule has 0 saturated carbocycles. The molecule has 2 heterocycles. The molecule has 2 aliphatic heterocycles. The van der Waals surface area contributed by atoms with Crippen molar-refractivity contribution in [1.29, 1.82) is 0 Å². The molecule has 2 aromatic carbocycles. The standard InChI is InChI=1S/C24H24N2O6/c27-23(9-5-17-3-7-19-21(13-17)31-15-29-19)25-11-1-2-12-26-24(28)10-6-18-4-8-20-22(14-18)32-16-30-20/h3-10,13-14H,1-2,11-12,15-16H2,(H,25,27)(H,26,28). The maximum Gasteiger partial charge on any atom is 0.243 e. The molecule has 32 heavy (non-hydrogen) atoms. The first-order valence-corrected chi connectivity index (χ1v) is 10.4. The number of nitrogens with one attached hydrogen (secondary N) is 2. The molecule has 0 saturated heterocycles. The molecule has 0 atom stereocenters. The molecular weight excluding hydrogens is 412 g/mol. The molecule has 0 radical (unpaired) electrons. The topological polar surface area (TPSA) is 95.1 Å². The number of benzene rings is 2. The Kier molecular flexibility index (Phi) is 6.91. The van der Waals surface area contributed by atoms with Crippen molar-refractivity contribution < 1.29 is 28.5 Å². The number of ether oxygens (including phenoxy) is 4. The van der Waals surface area contributed by atoms with Crippen molar-refractivity contribution in [3.63, 3.8) is 0 Å². The SMILES string of the molecule is O=C(C=Cc1ccc2c(c1)OCO2)NCCCCNC(=O)C=Cc1ccc2c(c1)OCO2. The number of carbonyl (C=O) groups excluding carboxylic acids is 2. The molecule has 166 valence electrons. The minimum absolute atomic E-state index is 0.168. The zero-order valence-corrected chi connectivity index (χ0v) is 17.5. The molecule has 0 spiro atoms. The Morgan fingerprint density at radius 1 is 0.688 bits per heavy atom. The fourth-order valence-corrected chi connectivity index (χ4v) is 3.17. The first-order valence-electron chi connectivity index (χ1n) is 10.4. The second-order valence-electron chi connectivity index (χ2n) is 7.18. The van der Waals surface area contributed by atoms with Crippen LogP contribution in [-0.2, 0) is 9.59 Å². The summed E-state index contributed by atoms with van der Waals surface area (Å²) in [4.78, 5) is 23.9.